The highest BCUT2D eigenvalue weighted by molar-refractivity contribution is 6.25. The van der Waals surface area contributed by atoms with Crippen LogP contribution in [0.1, 0.15) is 90.5 Å². The Hall–Kier alpha value is -5.89. The summed E-state index contributed by atoms with van der Waals surface area (Å²) >= 11 is 0. The van der Waals surface area contributed by atoms with Gasteiger partial charge in [-0.3, -0.25) is 48.9 Å². The van der Waals surface area contributed by atoms with E-state index in [9.17, 15) is 28.8 Å². The zero-order valence-corrected chi connectivity index (χ0v) is 33.3. The van der Waals surface area contributed by atoms with Gasteiger partial charge in [0.2, 0.25) is 11.8 Å². The van der Waals surface area contributed by atoms with Crippen molar-refractivity contribution in [2.45, 2.75) is 76.8 Å². The summed E-state index contributed by atoms with van der Waals surface area (Å²) < 4.78 is 13.2. The highest BCUT2D eigenvalue weighted by Crippen LogP contribution is 2.39. The highest BCUT2D eigenvalue weighted by Gasteiger charge is 2.45. The summed E-state index contributed by atoms with van der Waals surface area (Å²) in [7, 11) is 5.00. The number of piperidine rings is 1. The molecule has 2 N–H and O–H groups in total. The lowest BCUT2D eigenvalue weighted by Crippen LogP contribution is -2.54. The molecular formula is C44H50N6O8. The van der Waals surface area contributed by atoms with Gasteiger partial charge in [-0.15, -0.1) is 0 Å². The summed E-state index contributed by atoms with van der Waals surface area (Å²) in [5.74, 6) is -0.319. The van der Waals surface area contributed by atoms with Crippen LogP contribution in [0.5, 0.6) is 11.5 Å². The quantitative estimate of drug-likeness (QED) is 0.0998. The van der Waals surface area contributed by atoms with E-state index in [2.05, 4.69) is 20.5 Å². The van der Waals surface area contributed by atoms with Gasteiger partial charge in [-0.05, 0) is 60.5 Å². The summed E-state index contributed by atoms with van der Waals surface area (Å²) in [4.78, 5) is 83.4. The lowest BCUT2D eigenvalue weighted by Gasteiger charge is -2.39. The molecule has 0 spiro atoms. The first-order valence-electron chi connectivity index (χ1n) is 20.1. The van der Waals surface area contributed by atoms with Crippen LogP contribution in [-0.2, 0) is 28.0 Å². The third-order valence-electron chi connectivity index (χ3n) is 11.6. The molecule has 0 bridgehead atoms. The van der Waals surface area contributed by atoms with Crippen molar-refractivity contribution in [3.05, 3.63) is 82.0 Å². The molecule has 14 heteroatoms. The van der Waals surface area contributed by atoms with E-state index in [1.807, 2.05) is 24.4 Å². The molecule has 5 heterocycles. The number of methoxy groups -OCH3 is 2. The Labute approximate surface area is 336 Å². The van der Waals surface area contributed by atoms with E-state index in [1.165, 1.54) is 0 Å². The molecule has 2 aromatic carbocycles. The van der Waals surface area contributed by atoms with Crippen LogP contribution in [0, 0.1) is 5.92 Å². The average molecular weight is 791 g/mol. The first-order valence-corrected chi connectivity index (χ1v) is 20.1. The molecule has 2 fully saturated rings. The van der Waals surface area contributed by atoms with Crippen molar-refractivity contribution in [3.8, 4) is 22.6 Å². The van der Waals surface area contributed by atoms with Gasteiger partial charge in [-0.1, -0.05) is 38.2 Å². The van der Waals surface area contributed by atoms with E-state index >= 15 is 0 Å². The molecule has 1 unspecified atom stereocenters. The Balaban J connectivity index is 0.800. The number of pyridine rings is 2. The van der Waals surface area contributed by atoms with Crippen molar-refractivity contribution in [2.24, 2.45) is 13.0 Å². The number of Topliss-reactive ketones (excluding diaryl/α,β-unsaturated/α-hetero) is 1. The third kappa shape index (κ3) is 8.24. The number of rotatable bonds is 18. The second kappa shape index (κ2) is 17.7. The second-order valence-electron chi connectivity index (χ2n) is 15.4. The van der Waals surface area contributed by atoms with Crippen LogP contribution >= 0.6 is 0 Å². The normalized spacial score (nSPS) is 17.0. The number of ether oxygens (including phenoxy) is 2. The topological polar surface area (TPSA) is 169 Å². The van der Waals surface area contributed by atoms with E-state index in [0.717, 1.165) is 71.9 Å². The zero-order valence-electron chi connectivity index (χ0n) is 33.3. The predicted molar refractivity (Wildman–Crippen MR) is 218 cm³/mol. The Morgan fingerprint density at radius 2 is 1.59 bits per heavy atom. The van der Waals surface area contributed by atoms with Gasteiger partial charge in [0.05, 0.1) is 36.3 Å². The lowest BCUT2D eigenvalue weighted by molar-refractivity contribution is -0.136. The van der Waals surface area contributed by atoms with Gasteiger partial charge in [0.15, 0.2) is 0 Å². The van der Waals surface area contributed by atoms with Crippen LogP contribution in [0.25, 0.3) is 21.9 Å². The van der Waals surface area contributed by atoms with Crippen molar-refractivity contribution in [2.75, 3.05) is 39.2 Å². The number of carbonyl (C=O) groups is 5. The number of hydrogen-bond acceptors (Lipinski definition) is 11. The standard InChI is InChI=1S/C44H50N6O8/c1-48-25-32(29-17-19-45-22-31(29)42(48)54)27-20-37(57-2)33(38(21-27)58-3)26-49-23-28(24-49)36(51)14-9-7-5-4-6-8-10-18-46-34-13-11-12-30-40(34)44(56)50(43(30)55)35-15-16-39(52)47-41(35)53/h11-13,17,19-22,25,28,35,46H,4-10,14-16,18,23-24,26H2,1-3H3,(H,47,52,53). The number of hydrogen-bond donors (Lipinski definition) is 2. The fraction of sp³-hybridized carbons (Fsp3) is 0.432. The maximum Gasteiger partial charge on any atom is 0.264 e. The number of aromatic nitrogens is 2. The van der Waals surface area contributed by atoms with E-state index in [0.29, 0.717) is 61.0 Å². The molecule has 58 heavy (non-hydrogen) atoms. The van der Waals surface area contributed by atoms with Gasteiger partial charge in [-0.25, -0.2) is 0 Å². The van der Waals surface area contributed by atoms with Gasteiger partial charge in [-0.2, -0.15) is 0 Å². The molecule has 1 atom stereocenters. The van der Waals surface area contributed by atoms with Gasteiger partial charge < -0.3 is 19.4 Å². The minimum atomic E-state index is -0.988. The molecule has 2 aromatic heterocycles. The largest absolute Gasteiger partial charge is 0.496 e. The molecule has 0 aliphatic carbocycles. The number of likely N-dealkylation sites (tertiary alicyclic amines) is 1. The first kappa shape index (κ1) is 40.3. The maximum atomic E-state index is 13.3. The Morgan fingerprint density at radius 1 is 0.879 bits per heavy atom. The number of imide groups is 2. The van der Waals surface area contributed by atoms with Crippen molar-refractivity contribution in [3.63, 3.8) is 0 Å². The number of anilines is 1. The summed E-state index contributed by atoms with van der Waals surface area (Å²) in [6.45, 7) is 2.64. The maximum absolute atomic E-state index is 13.3. The van der Waals surface area contributed by atoms with Gasteiger partial charge in [0.25, 0.3) is 17.4 Å². The molecule has 4 aromatic rings. The molecule has 2 saturated heterocycles. The third-order valence-corrected chi connectivity index (χ3v) is 11.6. The molecule has 4 amide bonds. The zero-order chi connectivity index (χ0) is 40.9. The molecule has 0 saturated carbocycles. The highest BCUT2D eigenvalue weighted by atomic mass is 16.5. The number of amides is 4. The molecule has 7 rings (SSSR count). The fourth-order valence-corrected chi connectivity index (χ4v) is 8.36. The molecule has 3 aliphatic rings. The number of benzene rings is 2. The predicted octanol–water partition coefficient (Wildman–Crippen LogP) is 5.25. The smallest absolute Gasteiger partial charge is 0.264 e. The number of carbonyl (C=O) groups excluding carboxylic acids is 5. The second-order valence-corrected chi connectivity index (χ2v) is 15.4. The van der Waals surface area contributed by atoms with Crippen molar-refractivity contribution >= 4 is 45.9 Å². The first-order chi connectivity index (χ1) is 28.1. The van der Waals surface area contributed by atoms with Crippen LogP contribution in [-0.4, -0.2) is 88.7 Å². The Bertz CT molecular complexity index is 2290. The molecule has 0 radical (unpaired) electrons. The van der Waals surface area contributed by atoms with Crippen LogP contribution in [0.15, 0.2) is 59.8 Å². The minimum Gasteiger partial charge on any atom is -0.496 e. The summed E-state index contributed by atoms with van der Waals surface area (Å²) in [5, 5.41) is 6.88. The average Bonchev–Trinajstić information content (AvgIpc) is 3.46. The van der Waals surface area contributed by atoms with Gasteiger partial charge in [0.1, 0.15) is 23.3 Å². The van der Waals surface area contributed by atoms with E-state index < -0.39 is 29.7 Å². The number of unbranched alkanes of at least 4 members (excludes halogenated alkanes) is 6. The van der Waals surface area contributed by atoms with Crippen LogP contribution in [0.2, 0.25) is 0 Å². The Kier molecular flexibility index (Phi) is 12.3. The number of fused-ring (bicyclic) bond motifs is 2. The van der Waals surface area contributed by atoms with Crippen molar-refractivity contribution in [1.29, 1.82) is 0 Å². The van der Waals surface area contributed by atoms with Crippen LogP contribution in [0.4, 0.5) is 5.69 Å². The number of nitrogens with one attached hydrogen (secondary N) is 2. The van der Waals surface area contributed by atoms with E-state index in [4.69, 9.17) is 9.47 Å². The van der Waals surface area contributed by atoms with E-state index in [1.54, 1.807) is 56.4 Å². The van der Waals surface area contributed by atoms with Crippen LogP contribution < -0.4 is 25.7 Å². The van der Waals surface area contributed by atoms with Gasteiger partial charge in [0, 0.05) is 81.8 Å². The summed E-state index contributed by atoms with van der Waals surface area (Å²) in [5.41, 5.74) is 3.67. The van der Waals surface area contributed by atoms with Crippen molar-refractivity contribution in [1.82, 2.24) is 24.7 Å². The number of ketones is 1. The monoisotopic (exact) mass is 790 g/mol. The molecule has 304 valence electrons. The Morgan fingerprint density at radius 3 is 2.29 bits per heavy atom. The van der Waals surface area contributed by atoms with Crippen LogP contribution in [0.3, 0.4) is 0 Å². The molecular weight excluding hydrogens is 741 g/mol. The minimum absolute atomic E-state index is 0.0362. The molecule has 14 nitrogen and oxygen atoms in total. The van der Waals surface area contributed by atoms with Crippen molar-refractivity contribution < 1.29 is 33.4 Å². The molecule has 3 aliphatic heterocycles. The SMILES string of the molecule is COc1cc(-c2cn(C)c(=O)c3cnccc23)cc(OC)c1CN1CC(C(=O)CCCCCCCCCNc2cccc3c2C(=O)N(C2CCC(=O)NC2=O)C3=O)C1. The lowest BCUT2D eigenvalue weighted by atomic mass is 9.91. The fourth-order valence-electron chi connectivity index (χ4n) is 8.36. The summed E-state index contributed by atoms with van der Waals surface area (Å²) in [6, 6.07) is 9.89. The number of aryl methyl sites for hydroxylation is 1. The van der Waals surface area contributed by atoms with E-state index in [-0.39, 0.29) is 35.4 Å². The van der Waals surface area contributed by atoms with Gasteiger partial charge >= 0.3 is 0 Å². The summed E-state index contributed by atoms with van der Waals surface area (Å²) in [6.07, 6.45) is 12.9. The number of nitrogens with zero attached hydrogens (tertiary/aromatic N) is 4.